The molecule has 0 spiro atoms. The maximum absolute atomic E-state index is 9.79. The van der Waals surface area contributed by atoms with Crippen LogP contribution in [0.1, 0.15) is 25.0 Å². The first-order chi connectivity index (χ1) is 11.7. The van der Waals surface area contributed by atoms with Crippen LogP contribution in [0.3, 0.4) is 0 Å². The van der Waals surface area contributed by atoms with Crippen LogP contribution in [0.5, 0.6) is 6.01 Å². The smallest absolute Gasteiger partial charge is 0.320 e. The lowest BCUT2D eigenvalue weighted by molar-refractivity contribution is 0.0251. The van der Waals surface area contributed by atoms with Crippen LogP contribution < -0.4 is 15.1 Å². The van der Waals surface area contributed by atoms with E-state index in [0.717, 1.165) is 5.56 Å². The molecule has 1 aromatic heterocycles. The van der Waals surface area contributed by atoms with Gasteiger partial charge in [0.2, 0.25) is 0 Å². The first-order valence-electron chi connectivity index (χ1n) is 8.00. The third kappa shape index (κ3) is 6.39. The molecule has 0 aliphatic rings. The lowest BCUT2D eigenvalue weighted by atomic mass is 10.2. The van der Waals surface area contributed by atoms with Gasteiger partial charge >= 0.3 is 6.01 Å². The molecule has 0 radical (unpaired) electrons. The molecular formula is C18H25N5O2. The largest absolute Gasteiger partial charge is 0.460 e. The Kier molecular flexibility index (Phi) is 5.93. The first-order valence-corrected chi connectivity index (χ1v) is 8.00. The number of hydrogen-bond acceptors (Lipinski definition) is 7. The van der Waals surface area contributed by atoms with Gasteiger partial charge in [0.25, 0.3) is 0 Å². The zero-order valence-corrected chi connectivity index (χ0v) is 15.3. The van der Waals surface area contributed by atoms with Gasteiger partial charge in [-0.1, -0.05) is 29.8 Å². The van der Waals surface area contributed by atoms with Crippen LogP contribution in [0.25, 0.3) is 0 Å². The van der Waals surface area contributed by atoms with Crippen LogP contribution in [0.2, 0.25) is 0 Å². The molecule has 0 amide bonds. The van der Waals surface area contributed by atoms with Gasteiger partial charge in [0.1, 0.15) is 12.4 Å². The van der Waals surface area contributed by atoms with Gasteiger partial charge < -0.3 is 14.7 Å². The van der Waals surface area contributed by atoms with Gasteiger partial charge in [0.15, 0.2) is 5.82 Å². The Morgan fingerprint density at radius 1 is 1.28 bits per heavy atom. The minimum atomic E-state index is -0.964. The molecule has 2 N–H and O–H groups in total. The van der Waals surface area contributed by atoms with Crippen LogP contribution >= 0.6 is 0 Å². The zero-order chi connectivity index (χ0) is 18.4. The fourth-order valence-electron chi connectivity index (χ4n) is 1.93. The number of ether oxygens (including phenoxy) is 1. The Morgan fingerprint density at radius 2 is 2.04 bits per heavy atom. The van der Waals surface area contributed by atoms with Gasteiger partial charge in [-0.3, -0.25) is 5.43 Å². The topological polar surface area (TPSA) is 82.9 Å². The van der Waals surface area contributed by atoms with E-state index < -0.39 is 5.60 Å². The number of aryl methyl sites for hydroxylation is 1. The van der Waals surface area contributed by atoms with Gasteiger partial charge in [0.05, 0.1) is 11.8 Å². The summed E-state index contributed by atoms with van der Waals surface area (Å²) in [4.78, 5) is 10.4. The van der Waals surface area contributed by atoms with Crippen molar-refractivity contribution in [2.75, 3.05) is 31.0 Å². The van der Waals surface area contributed by atoms with Crippen molar-refractivity contribution in [2.45, 2.75) is 26.4 Å². The van der Waals surface area contributed by atoms with Crippen molar-refractivity contribution >= 4 is 17.9 Å². The second-order valence-corrected chi connectivity index (χ2v) is 6.67. The third-order valence-corrected chi connectivity index (χ3v) is 3.14. The Morgan fingerprint density at radius 3 is 2.68 bits per heavy atom. The molecule has 2 aromatic rings. The number of anilines is 2. The van der Waals surface area contributed by atoms with Crippen LogP contribution in [0.4, 0.5) is 11.6 Å². The lowest BCUT2D eigenvalue weighted by Crippen LogP contribution is -2.28. The Hall–Kier alpha value is -2.67. The van der Waals surface area contributed by atoms with Crippen molar-refractivity contribution in [3.05, 3.63) is 41.5 Å². The number of aliphatic hydroxyl groups is 1. The third-order valence-electron chi connectivity index (χ3n) is 3.14. The normalized spacial score (nSPS) is 11.6. The molecule has 0 saturated heterocycles. The van der Waals surface area contributed by atoms with E-state index in [1.165, 1.54) is 5.56 Å². The fourth-order valence-corrected chi connectivity index (χ4v) is 1.93. The maximum atomic E-state index is 9.79. The van der Waals surface area contributed by atoms with Crippen LogP contribution in [0.15, 0.2) is 35.4 Å². The number of benzene rings is 1. The Bertz CT molecular complexity index is 738. The van der Waals surface area contributed by atoms with Crippen molar-refractivity contribution in [2.24, 2.45) is 5.10 Å². The van der Waals surface area contributed by atoms with E-state index in [4.69, 9.17) is 4.74 Å². The molecule has 7 heteroatoms. The molecule has 0 fully saturated rings. The molecule has 25 heavy (non-hydrogen) atoms. The van der Waals surface area contributed by atoms with E-state index in [1.807, 2.05) is 50.2 Å². The monoisotopic (exact) mass is 343 g/mol. The van der Waals surface area contributed by atoms with Crippen LogP contribution in [-0.4, -0.2) is 47.6 Å². The highest BCUT2D eigenvalue weighted by atomic mass is 16.5. The molecule has 0 aliphatic carbocycles. The summed E-state index contributed by atoms with van der Waals surface area (Å²) < 4.78 is 5.49. The summed E-state index contributed by atoms with van der Waals surface area (Å²) in [6.07, 6.45) is 1.72. The van der Waals surface area contributed by atoms with E-state index in [9.17, 15) is 5.11 Å². The molecule has 134 valence electrons. The number of rotatable bonds is 7. The van der Waals surface area contributed by atoms with Gasteiger partial charge in [0, 0.05) is 20.2 Å². The summed E-state index contributed by atoms with van der Waals surface area (Å²) in [5.74, 6) is 1.18. The van der Waals surface area contributed by atoms with Gasteiger partial charge in [-0.15, -0.1) is 0 Å². The predicted molar refractivity (Wildman–Crippen MR) is 101 cm³/mol. The molecule has 0 saturated carbocycles. The fraction of sp³-hybridized carbons (Fsp3) is 0.389. The highest BCUT2D eigenvalue weighted by molar-refractivity contribution is 5.80. The molecule has 1 aromatic carbocycles. The average Bonchev–Trinajstić information content (AvgIpc) is 2.52. The van der Waals surface area contributed by atoms with Crippen molar-refractivity contribution < 1.29 is 9.84 Å². The maximum Gasteiger partial charge on any atom is 0.320 e. The van der Waals surface area contributed by atoms with Crippen molar-refractivity contribution in [1.29, 1.82) is 0 Å². The minimum absolute atomic E-state index is 0.0931. The summed E-state index contributed by atoms with van der Waals surface area (Å²) in [6, 6.07) is 9.97. The van der Waals surface area contributed by atoms with E-state index in [-0.39, 0.29) is 12.6 Å². The van der Waals surface area contributed by atoms with Crippen molar-refractivity contribution in [1.82, 2.24) is 9.97 Å². The highest BCUT2D eigenvalue weighted by Gasteiger charge is 2.15. The summed E-state index contributed by atoms with van der Waals surface area (Å²) in [5, 5.41) is 14.0. The Labute approximate surface area is 148 Å². The number of hydrazone groups is 1. The first kappa shape index (κ1) is 18.7. The molecule has 0 atom stereocenters. The summed E-state index contributed by atoms with van der Waals surface area (Å²) in [7, 11) is 3.75. The number of aromatic nitrogens is 2. The molecule has 0 unspecified atom stereocenters. The second kappa shape index (κ2) is 7.94. The molecule has 0 bridgehead atoms. The van der Waals surface area contributed by atoms with Gasteiger partial charge in [-0.2, -0.15) is 15.1 Å². The van der Waals surface area contributed by atoms with Crippen molar-refractivity contribution in [3.8, 4) is 6.01 Å². The predicted octanol–water partition coefficient (Wildman–Crippen LogP) is 2.45. The molecule has 1 heterocycles. The van der Waals surface area contributed by atoms with E-state index in [0.29, 0.717) is 11.6 Å². The molecule has 2 rings (SSSR count). The van der Waals surface area contributed by atoms with Crippen LogP contribution in [0, 0.1) is 6.92 Å². The quantitative estimate of drug-likeness (QED) is 0.593. The highest BCUT2D eigenvalue weighted by Crippen LogP contribution is 2.18. The van der Waals surface area contributed by atoms with E-state index in [2.05, 4.69) is 20.5 Å². The minimum Gasteiger partial charge on any atom is -0.460 e. The van der Waals surface area contributed by atoms with Gasteiger partial charge in [-0.05, 0) is 26.3 Å². The van der Waals surface area contributed by atoms with Crippen LogP contribution in [-0.2, 0) is 0 Å². The Balaban J connectivity index is 2.14. The summed E-state index contributed by atoms with van der Waals surface area (Å²) in [6.45, 7) is 5.45. The zero-order valence-electron chi connectivity index (χ0n) is 15.3. The molecule has 7 nitrogen and oxygen atoms in total. The standard InChI is InChI=1S/C18H25N5O2/c1-13-7-6-8-14(9-13)11-19-22-15-10-16(23(4)5)21-17(20-15)25-12-18(2,3)24/h6-11,24H,12H2,1-5H3,(H,20,21,22). The second-order valence-electron chi connectivity index (χ2n) is 6.67. The van der Waals surface area contributed by atoms with Crippen molar-refractivity contribution in [3.63, 3.8) is 0 Å². The molecule has 0 aliphatic heterocycles. The van der Waals surface area contributed by atoms with E-state index in [1.54, 1.807) is 26.1 Å². The SMILES string of the molecule is Cc1cccc(C=NNc2cc(N(C)C)nc(OCC(C)(C)O)n2)c1. The summed E-state index contributed by atoms with van der Waals surface area (Å²) >= 11 is 0. The number of nitrogens with zero attached hydrogens (tertiary/aromatic N) is 4. The summed E-state index contributed by atoms with van der Waals surface area (Å²) in [5.41, 5.74) is 4.09. The van der Waals surface area contributed by atoms with E-state index >= 15 is 0 Å². The average molecular weight is 343 g/mol. The number of nitrogens with one attached hydrogen (secondary N) is 1. The lowest BCUT2D eigenvalue weighted by Gasteiger charge is -2.18. The molecular weight excluding hydrogens is 318 g/mol. The number of hydrogen-bond donors (Lipinski definition) is 2. The van der Waals surface area contributed by atoms with Gasteiger partial charge in [-0.25, -0.2) is 0 Å².